The second kappa shape index (κ2) is 7.30. The number of amides is 1. The lowest BCUT2D eigenvalue weighted by Gasteiger charge is -2.20. The van der Waals surface area contributed by atoms with E-state index in [-0.39, 0.29) is 23.5 Å². The number of hydrogen-bond donors (Lipinski definition) is 0. The van der Waals surface area contributed by atoms with Crippen molar-refractivity contribution >= 4 is 17.1 Å². The number of benzene rings is 1. The van der Waals surface area contributed by atoms with Gasteiger partial charge in [-0.15, -0.1) is 5.10 Å². The zero-order valence-corrected chi connectivity index (χ0v) is 15.3. The van der Waals surface area contributed by atoms with Gasteiger partial charge in [0.2, 0.25) is 5.91 Å². The van der Waals surface area contributed by atoms with Gasteiger partial charge in [0.25, 0.3) is 5.56 Å². The molecule has 8 heteroatoms. The Kier molecular flexibility index (Phi) is 4.70. The minimum absolute atomic E-state index is 0.0148. The molecular weight excluding hydrogens is 344 g/mol. The minimum atomic E-state index is -0.345. The number of likely N-dealkylation sites (tertiary alicyclic amines) is 1. The molecule has 0 N–H and O–H groups in total. The number of carbonyl (C=O) groups excluding carboxylic acids is 1. The molecule has 0 atom stereocenters. The molecule has 2 aromatic heterocycles. The molecule has 1 aliphatic rings. The van der Waals surface area contributed by atoms with Gasteiger partial charge in [-0.1, -0.05) is 30.2 Å². The van der Waals surface area contributed by atoms with Crippen LogP contribution < -0.4 is 5.56 Å². The van der Waals surface area contributed by atoms with Crippen LogP contribution in [0.3, 0.4) is 0 Å². The third kappa shape index (κ3) is 3.47. The number of rotatable bonds is 3. The Morgan fingerprint density at radius 1 is 1.15 bits per heavy atom. The van der Waals surface area contributed by atoms with Crippen LogP contribution in [0.1, 0.15) is 31.2 Å². The van der Waals surface area contributed by atoms with E-state index in [4.69, 9.17) is 0 Å². The van der Waals surface area contributed by atoms with Crippen molar-refractivity contribution in [1.82, 2.24) is 29.4 Å². The maximum Gasteiger partial charge on any atom is 0.284 e. The Hall–Kier alpha value is -3.03. The zero-order chi connectivity index (χ0) is 18.8. The van der Waals surface area contributed by atoms with Crippen molar-refractivity contribution < 1.29 is 4.79 Å². The summed E-state index contributed by atoms with van der Waals surface area (Å²) in [6.45, 7) is 3.48. The highest BCUT2D eigenvalue weighted by molar-refractivity contribution is 5.76. The van der Waals surface area contributed by atoms with Crippen molar-refractivity contribution in [2.24, 2.45) is 0 Å². The minimum Gasteiger partial charge on any atom is -0.341 e. The summed E-state index contributed by atoms with van der Waals surface area (Å²) in [5, 5.41) is 8.10. The number of fused-ring (bicyclic) bond motifs is 1. The van der Waals surface area contributed by atoms with Crippen molar-refractivity contribution in [2.45, 2.75) is 39.2 Å². The van der Waals surface area contributed by atoms with E-state index in [0.29, 0.717) is 5.65 Å². The number of nitrogens with zero attached hydrogens (tertiary/aromatic N) is 6. The van der Waals surface area contributed by atoms with Gasteiger partial charge in [0.1, 0.15) is 12.9 Å². The molecule has 3 heterocycles. The molecule has 1 aromatic carbocycles. The molecule has 27 heavy (non-hydrogen) atoms. The smallest absolute Gasteiger partial charge is 0.284 e. The highest BCUT2D eigenvalue weighted by Crippen LogP contribution is 2.14. The molecule has 1 saturated heterocycles. The largest absolute Gasteiger partial charge is 0.341 e. The Bertz CT molecular complexity index is 1030. The fourth-order valence-electron chi connectivity index (χ4n) is 3.46. The summed E-state index contributed by atoms with van der Waals surface area (Å²) >= 11 is 0. The molecule has 0 saturated carbocycles. The fraction of sp³-hybridized carbons (Fsp3) is 0.421. The van der Waals surface area contributed by atoms with Crippen LogP contribution >= 0.6 is 0 Å². The fourth-order valence-corrected chi connectivity index (χ4v) is 3.46. The topological polar surface area (TPSA) is 85.9 Å². The van der Waals surface area contributed by atoms with E-state index in [1.807, 2.05) is 36.1 Å². The van der Waals surface area contributed by atoms with Crippen molar-refractivity contribution in [1.29, 1.82) is 0 Å². The molecule has 0 unspecified atom stereocenters. The van der Waals surface area contributed by atoms with Gasteiger partial charge in [0, 0.05) is 13.1 Å². The van der Waals surface area contributed by atoms with Crippen LogP contribution in [0, 0.1) is 6.92 Å². The standard InChI is InChI=1S/C19H22N6O2/c1-14-7-6-8-15(11-14)25-18-17(21-22-25)19(27)24(13-20-18)12-16(26)23-9-4-2-3-5-10-23/h6-8,11,13H,2-5,9-10,12H2,1H3. The van der Waals surface area contributed by atoms with Crippen molar-refractivity contribution in [3.05, 3.63) is 46.5 Å². The predicted octanol–water partition coefficient (Wildman–Crippen LogP) is 1.69. The monoisotopic (exact) mass is 366 g/mol. The Morgan fingerprint density at radius 2 is 1.93 bits per heavy atom. The maximum atomic E-state index is 12.8. The summed E-state index contributed by atoms with van der Waals surface area (Å²) in [5.41, 5.74) is 2.09. The number of aryl methyl sites for hydroxylation is 1. The van der Waals surface area contributed by atoms with E-state index >= 15 is 0 Å². The Balaban J connectivity index is 1.63. The van der Waals surface area contributed by atoms with Crippen LogP contribution in [0.2, 0.25) is 0 Å². The summed E-state index contributed by atoms with van der Waals surface area (Å²) in [5.74, 6) is -0.0498. The quantitative estimate of drug-likeness (QED) is 0.704. The Labute approximate surface area is 156 Å². The molecule has 1 aliphatic heterocycles. The number of carbonyl (C=O) groups is 1. The normalized spacial score (nSPS) is 15.1. The van der Waals surface area contributed by atoms with Crippen LogP contribution in [-0.2, 0) is 11.3 Å². The lowest BCUT2D eigenvalue weighted by Crippen LogP contribution is -2.37. The average molecular weight is 366 g/mol. The molecular formula is C19H22N6O2. The van der Waals surface area contributed by atoms with Crippen LogP contribution in [0.4, 0.5) is 0 Å². The van der Waals surface area contributed by atoms with Gasteiger partial charge in [-0.25, -0.2) is 4.98 Å². The average Bonchev–Trinajstić information content (AvgIpc) is 2.91. The highest BCUT2D eigenvalue weighted by Gasteiger charge is 2.19. The van der Waals surface area contributed by atoms with Gasteiger partial charge >= 0.3 is 0 Å². The summed E-state index contributed by atoms with van der Waals surface area (Å²) in [4.78, 5) is 31.5. The van der Waals surface area contributed by atoms with Crippen molar-refractivity contribution in [3.63, 3.8) is 0 Å². The van der Waals surface area contributed by atoms with Crippen LogP contribution in [0.25, 0.3) is 16.9 Å². The van der Waals surface area contributed by atoms with Crippen LogP contribution in [0.15, 0.2) is 35.4 Å². The summed E-state index contributed by atoms with van der Waals surface area (Å²) in [7, 11) is 0. The van der Waals surface area contributed by atoms with Gasteiger partial charge in [-0.2, -0.15) is 4.68 Å². The first kappa shape index (κ1) is 17.4. The molecule has 8 nitrogen and oxygen atoms in total. The van der Waals surface area contributed by atoms with Gasteiger partial charge in [0.05, 0.1) is 5.69 Å². The summed E-state index contributed by atoms with van der Waals surface area (Å²) in [6.07, 6.45) is 5.75. The maximum absolute atomic E-state index is 12.8. The molecule has 0 spiro atoms. The van der Waals surface area contributed by atoms with Crippen molar-refractivity contribution in [2.75, 3.05) is 13.1 Å². The first-order chi connectivity index (χ1) is 13.1. The van der Waals surface area contributed by atoms with Gasteiger partial charge in [-0.05, 0) is 37.5 Å². The molecule has 0 bridgehead atoms. The zero-order valence-electron chi connectivity index (χ0n) is 15.3. The highest BCUT2D eigenvalue weighted by atomic mass is 16.2. The van der Waals surface area contributed by atoms with Gasteiger partial charge < -0.3 is 4.90 Å². The number of hydrogen-bond acceptors (Lipinski definition) is 5. The van der Waals surface area contributed by atoms with Crippen molar-refractivity contribution in [3.8, 4) is 5.69 Å². The second-order valence-corrected chi connectivity index (χ2v) is 6.99. The van der Waals surface area contributed by atoms with E-state index in [1.54, 1.807) is 4.68 Å². The molecule has 0 radical (unpaired) electrons. The lowest BCUT2D eigenvalue weighted by molar-refractivity contribution is -0.131. The van der Waals surface area contributed by atoms with Crippen LogP contribution in [-0.4, -0.2) is 48.4 Å². The molecule has 1 amide bonds. The molecule has 1 fully saturated rings. The molecule has 140 valence electrons. The van der Waals surface area contributed by atoms with E-state index in [0.717, 1.165) is 50.0 Å². The van der Waals surface area contributed by atoms with Crippen LogP contribution in [0.5, 0.6) is 0 Å². The first-order valence-electron chi connectivity index (χ1n) is 9.29. The third-order valence-electron chi connectivity index (χ3n) is 4.94. The molecule has 0 aliphatic carbocycles. The number of aromatic nitrogens is 5. The second-order valence-electron chi connectivity index (χ2n) is 6.99. The van der Waals surface area contributed by atoms with E-state index in [1.165, 1.54) is 10.9 Å². The molecule has 4 rings (SSSR count). The Morgan fingerprint density at radius 3 is 2.67 bits per heavy atom. The van der Waals surface area contributed by atoms with Gasteiger partial charge in [0.15, 0.2) is 11.2 Å². The first-order valence-corrected chi connectivity index (χ1v) is 9.29. The summed E-state index contributed by atoms with van der Waals surface area (Å²) in [6, 6.07) is 7.73. The van der Waals surface area contributed by atoms with Gasteiger partial charge in [-0.3, -0.25) is 14.2 Å². The van der Waals surface area contributed by atoms with E-state index in [2.05, 4.69) is 15.3 Å². The summed E-state index contributed by atoms with van der Waals surface area (Å²) < 4.78 is 2.87. The molecule has 3 aromatic rings. The van der Waals surface area contributed by atoms with E-state index < -0.39 is 0 Å². The van der Waals surface area contributed by atoms with E-state index in [9.17, 15) is 9.59 Å². The SMILES string of the molecule is Cc1cccc(-n2nnc3c(=O)n(CC(=O)N4CCCCCC4)cnc32)c1. The lowest BCUT2D eigenvalue weighted by atomic mass is 10.2. The third-order valence-corrected chi connectivity index (χ3v) is 4.94. The predicted molar refractivity (Wildman–Crippen MR) is 101 cm³/mol.